The second-order valence-corrected chi connectivity index (χ2v) is 8.49. The number of hydrogen-bond donors (Lipinski definition) is 1. The molecule has 190 valence electrons. The lowest BCUT2D eigenvalue weighted by Gasteiger charge is -2.05. The highest BCUT2D eigenvalue weighted by Crippen LogP contribution is 2.27. The average molecular weight is 505 g/mol. The number of Topliss-reactive ketones (excluding diaryl/α,β-unsaturated/α-hetero) is 1. The molecule has 0 aliphatic carbocycles. The first-order valence-corrected chi connectivity index (χ1v) is 11.6. The van der Waals surface area contributed by atoms with Gasteiger partial charge in [-0.2, -0.15) is 0 Å². The van der Waals surface area contributed by atoms with E-state index in [-0.39, 0.29) is 40.5 Å². The number of aromatic nitrogens is 2. The molecule has 0 atom stereocenters. The van der Waals surface area contributed by atoms with E-state index in [9.17, 15) is 23.6 Å². The van der Waals surface area contributed by atoms with Crippen LogP contribution in [0.15, 0.2) is 48.7 Å². The average Bonchev–Trinajstić information content (AvgIpc) is 3.34. The van der Waals surface area contributed by atoms with E-state index in [0.29, 0.717) is 22.3 Å². The molecule has 1 N–H and O–H groups in total. The van der Waals surface area contributed by atoms with Crippen molar-refractivity contribution in [3.8, 4) is 0 Å². The maximum absolute atomic E-state index is 13.4. The number of ether oxygens (including phenoxy) is 2. The molecule has 0 bridgehead atoms. The van der Waals surface area contributed by atoms with E-state index in [1.54, 1.807) is 56.5 Å². The Bertz CT molecular complexity index is 1550. The van der Waals surface area contributed by atoms with Crippen molar-refractivity contribution in [2.24, 2.45) is 0 Å². The number of carbonyl (C=O) groups is 4. The Morgan fingerprint density at radius 1 is 0.892 bits per heavy atom. The summed E-state index contributed by atoms with van der Waals surface area (Å²) < 4.78 is 25.3. The van der Waals surface area contributed by atoms with Crippen molar-refractivity contribution >= 4 is 29.0 Å². The highest BCUT2D eigenvalue weighted by Gasteiger charge is 2.27. The minimum Gasteiger partial charge on any atom is -0.462 e. The molecule has 0 unspecified atom stereocenters. The third-order valence-corrected chi connectivity index (χ3v) is 6.14. The monoisotopic (exact) mass is 504 g/mol. The van der Waals surface area contributed by atoms with Gasteiger partial charge in [-0.3, -0.25) is 9.59 Å². The Labute approximate surface area is 212 Å². The highest BCUT2D eigenvalue weighted by atomic mass is 19.1. The Balaban J connectivity index is 1.62. The SMILES string of the molecule is CCOC(=O)c1c(C)[nH]c(C(=O)OCC(=O)c2c(C)c(C(=O)c3ccc(F)cc3)n3ccccc23)c1C. The summed E-state index contributed by atoms with van der Waals surface area (Å²) in [4.78, 5) is 54.3. The Kier molecular flexibility index (Phi) is 7.06. The van der Waals surface area contributed by atoms with Crippen LogP contribution in [-0.4, -0.2) is 46.1 Å². The minimum atomic E-state index is -0.798. The van der Waals surface area contributed by atoms with Crippen LogP contribution in [0.4, 0.5) is 4.39 Å². The Morgan fingerprint density at radius 3 is 2.27 bits per heavy atom. The number of esters is 2. The number of aromatic amines is 1. The van der Waals surface area contributed by atoms with Crippen LogP contribution in [0.1, 0.15) is 71.0 Å². The van der Waals surface area contributed by atoms with Crippen molar-refractivity contribution in [1.82, 2.24) is 9.38 Å². The van der Waals surface area contributed by atoms with E-state index in [2.05, 4.69) is 4.98 Å². The molecular formula is C28H25FN2O6. The molecule has 8 nitrogen and oxygen atoms in total. The molecule has 37 heavy (non-hydrogen) atoms. The topological polar surface area (TPSA) is 107 Å². The highest BCUT2D eigenvalue weighted by molar-refractivity contribution is 6.14. The second kappa shape index (κ2) is 10.2. The normalized spacial score (nSPS) is 10.9. The Hall–Kier alpha value is -4.53. The first kappa shape index (κ1) is 25.6. The van der Waals surface area contributed by atoms with Crippen molar-refractivity contribution in [2.45, 2.75) is 27.7 Å². The number of hydrogen-bond acceptors (Lipinski definition) is 6. The van der Waals surface area contributed by atoms with E-state index in [1.807, 2.05) is 0 Å². The lowest BCUT2D eigenvalue weighted by Crippen LogP contribution is -2.16. The molecule has 4 aromatic rings. The number of carbonyl (C=O) groups excluding carboxylic acids is 4. The number of benzene rings is 1. The fourth-order valence-electron chi connectivity index (χ4n) is 4.44. The van der Waals surface area contributed by atoms with E-state index in [0.717, 1.165) is 0 Å². The van der Waals surface area contributed by atoms with Gasteiger partial charge in [-0.05, 0) is 75.2 Å². The molecule has 3 heterocycles. The number of H-pyrrole nitrogens is 1. The van der Waals surface area contributed by atoms with Crippen LogP contribution in [0, 0.1) is 26.6 Å². The van der Waals surface area contributed by atoms with Gasteiger partial charge in [0.1, 0.15) is 11.5 Å². The molecule has 0 aliphatic heterocycles. The smallest absolute Gasteiger partial charge is 0.355 e. The number of nitrogens with one attached hydrogen (secondary N) is 1. The summed E-state index contributed by atoms with van der Waals surface area (Å²) in [6, 6.07) is 10.3. The van der Waals surface area contributed by atoms with Crippen LogP contribution >= 0.6 is 0 Å². The summed E-state index contributed by atoms with van der Waals surface area (Å²) in [5.74, 6) is -2.70. The lowest BCUT2D eigenvalue weighted by molar-refractivity contribution is 0.0469. The van der Waals surface area contributed by atoms with Gasteiger partial charge in [0, 0.05) is 17.5 Å². The first-order chi connectivity index (χ1) is 17.6. The fraction of sp³-hybridized carbons (Fsp3) is 0.214. The molecular weight excluding hydrogens is 479 g/mol. The number of rotatable bonds is 8. The van der Waals surface area contributed by atoms with Crippen molar-refractivity contribution in [3.05, 3.63) is 99.4 Å². The van der Waals surface area contributed by atoms with Crippen molar-refractivity contribution < 1.29 is 33.0 Å². The second-order valence-electron chi connectivity index (χ2n) is 8.49. The van der Waals surface area contributed by atoms with Gasteiger partial charge >= 0.3 is 11.9 Å². The molecule has 0 aliphatic rings. The van der Waals surface area contributed by atoms with E-state index >= 15 is 0 Å². The zero-order valence-electron chi connectivity index (χ0n) is 20.8. The van der Waals surface area contributed by atoms with Crippen molar-refractivity contribution in [3.63, 3.8) is 0 Å². The minimum absolute atomic E-state index is 0.0546. The largest absolute Gasteiger partial charge is 0.462 e. The summed E-state index contributed by atoms with van der Waals surface area (Å²) in [6.45, 7) is 6.16. The summed E-state index contributed by atoms with van der Waals surface area (Å²) in [7, 11) is 0. The van der Waals surface area contributed by atoms with Gasteiger partial charge in [-0.25, -0.2) is 14.0 Å². The standard InChI is InChI=1S/C28H25FN2O6/c1-5-36-27(34)22-15(2)24(30-17(22)4)28(35)37-14-21(32)23-16(3)25(31-13-7-6-8-20(23)31)26(33)18-9-11-19(29)12-10-18/h6-13,30H,5,14H2,1-4H3. The van der Waals surface area contributed by atoms with Gasteiger partial charge in [0.15, 0.2) is 6.61 Å². The van der Waals surface area contributed by atoms with Crippen molar-refractivity contribution in [2.75, 3.05) is 13.2 Å². The summed E-state index contributed by atoms with van der Waals surface area (Å²) >= 11 is 0. The molecule has 1 aromatic carbocycles. The van der Waals surface area contributed by atoms with E-state index in [1.165, 1.54) is 24.3 Å². The molecule has 0 fully saturated rings. The predicted molar refractivity (Wildman–Crippen MR) is 133 cm³/mol. The van der Waals surface area contributed by atoms with Gasteiger partial charge in [0.05, 0.1) is 28.9 Å². The molecule has 0 saturated heterocycles. The van der Waals surface area contributed by atoms with Crippen LogP contribution in [-0.2, 0) is 9.47 Å². The zero-order chi connectivity index (χ0) is 26.9. The molecule has 0 spiro atoms. The molecule has 0 radical (unpaired) electrons. The van der Waals surface area contributed by atoms with Gasteiger partial charge in [-0.15, -0.1) is 0 Å². The third-order valence-electron chi connectivity index (χ3n) is 6.14. The maximum atomic E-state index is 13.4. The zero-order valence-corrected chi connectivity index (χ0v) is 20.8. The van der Waals surface area contributed by atoms with E-state index < -0.39 is 30.1 Å². The quantitative estimate of drug-likeness (QED) is 0.273. The van der Waals surface area contributed by atoms with Crippen LogP contribution < -0.4 is 0 Å². The molecule has 4 rings (SSSR count). The molecule has 0 saturated carbocycles. The summed E-state index contributed by atoms with van der Waals surface area (Å²) in [5.41, 5.74) is 2.78. The van der Waals surface area contributed by atoms with Gasteiger partial charge < -0.3 is 18.9 Å². The van der Waals surface area contributed by atoms with Crippen LogP contribution in [0.25, 0.3) is 5.52 Å². The van der Waals surface area contributed by atoms with Crippen molar-refractivity contribution in [1.29, 1.82) is 0 Å². The van der Waals surface area contributed by atoms with Crippen LogP contribution in [0.3, 0.4) is 0 Å². The maximum Gasteiger partial charge on any atom is 0.355 e. The summed E-state index contributed by atoms with van der Waals surface area (Å²) in [6.07, 6.45) is 1.66. The number of ketones is 2. The number of aryl methyl sites for hydroxylation is 1. The first-order valence-electron chi connectivity index (χ1n) is 11.6. The molecule has 0 amide bonds. The van der Waals surface area contributed by atoms with Gasteiger partial charge in [0.2, 0.25) is 11.6 Å². The Morgan fingerprint density at radius 2 is 1.59 bits per heavy atom. The van der Waals surface area contributed by atoms with Gasteiger partial charge in [0.25, 0.3) is 0 Å². The molecule has 3 aromatic heterocycles. The number of fused-ring (bicyclic) bond motifs is 1. The van der Waals surface area contributed by atoms with Crippen LogP contribution in [0.5, 0.6) is 0 Å². The number of pyridine rings is 1. The molecule has 9 heteroatoms. The summed E-state index contributed by atoms with van der Waals surface area (Å²) in [5, 5.41) is 0. The van der Waals surface area contributed by atoms with Crippen LogP contribution in [0.2, 0.25) is 0 Å². The van der Waals surface area contributed by atoms with Gasteiger partial charge in [-0.1, -0.05) is 6.07 Å². The fourth-order valence-corrected chi connectivity index (χ4v) is 4.44. The lowest BCUT2D eigenvalue weighted by atomic mass is 10.0. The van der Waals surface area contributed by atoms with E-state index in [4.69, 9.17) is 9.47 Å². The third kappa shape index (κ3) is 4.67. The number of nitrogens with zero attached hydrogens (tertiary/aromatic N) is 1. The predicted octanol–water partition coefficient (Wildman–Crippen LogP) is 4.78. The number of halogens is 1.